The molecule has 0 saturated carbocycles. The molecule has 0 fully saturated rings. The number of amides is 1. The molecule has 0 aliphatic heterocycles. The van der Waals surface area contributed by atoms with Crippen LogP contribution in [-0.4, -0.2) is 27.8 Å². The van der Waals surface area contributed by atoms with E-state index in [9.17, 15) is 4.79 Å². The molecule has 0 radical (unpaired) electrons. The van der Waals surface area contributed by atoms with Crippen LogP contribution in [0.5, 0.6) is 5.75 Å². The Bertz CT molecular complexity index is 1240. The van der Waals surface area contributed by atoms with Gasteiger partial charge in [-0.25, -0.2) is 4.98 Å². The van der Waals surface area contributed by atoms with Gasteiger partial charge in [-0.2, -0.15) is 9.78 Å². The van der Waals surface area contributed by atoms with Gasteiger partial charge in [0.25, 0.3) is 5.91 Å². The molecule has 29 heavy (non-hydrogen) atoms. The second kappa shape index (κ2) is 7.73. The average Bonchev–Trinajstić information content (AvgIpc) is 3.08. The second-order valence-electron chi connectivity index (χ2n) is 6.34. The summed E-state index contributed by atoms with van der Waals surface area (Å²) in [5, 5.41) is 8.84. The monoisotopic (exact) mass is 426 g/mol. The molecule has 4 aromatic rings. The zero-order chi connectivity index (χ0) is 20.5. The highest BCUT2D eigenvalue weighted by Crippen LogP contribution is 2.34. The molecular formula is C21H16Cl2N4O2. The van der Waals surface area contributed by atoms with E-state index in [-0.39, 0.29) is 16.3 Å². The molecule has 1 amide bonds. The summed E-state index contributed by atoms with van der Waals surface area (Å²) in [6.45, 7) is 1.83. The Hall–Kier alpha value is -3.09. The number of hydrogen-bond donors (Lipinski definition) is 1. The van der Waals surface area contributed by atoms with Gasteiger partial charge in [0.2, 0.25) is 0 Å². The minimum Gasteiger partial charge on any atom is -0.494 e. The Kier molecular flexibility index (Phi) is 5.13. The summed E-state index contributed by atoms with van der Waals surface area (Å²) in [6, 6.07) is 16.5. The van der Waals surface area contributed by atoms with Crippen molar-refractivity contribution in [1.29, 1.82) is 0 Å². The normalized spacial score (nSPS) is 10.9. The number of anilines is 1. The third kappa shape index (κ3) is 3.64. The number of fused-ring (bicyclic) bond motifs is 1. The van der Waals surface area contributed by atoms with Gasteiger partial charge in [-0.15, -0.1) is 0 Å². The molecular weight excluding hydrogens is 411 g/mol. The number of carbonyl (C=O) groups excluding carboxylic acids is 1. The number of carbonyl (C=O) groups is 1. The van der Waals surface area contributed by atoms with E-state index in [1.54, 1.807) is 22.9 Å². The standard InChI is InChI=1S/C21H16Cl2N4O2/c1-12-11-18(25-21(28)19-14(22)8-9-15(23)20(19)29-2)27(26-12)17-10-7-13-5-3-4-6-16(13)24-17/h3-11H,1-2H3,(H,25,28). The largest absolute Gasteiger partial charge is 0.494 e. The van der Waals surface area contributed by atoms with Crippen molar-refractivity contribution in [2.24, 2.45) is 0 Å². The molecule has 0 spiro atoms. The number of nitrogens with one attached hydrogen (secondary N) is 1. The summed E-state index contributed by atoms with van der Waals surface area (Å²) in [5.74, 6) is 0.782. The molecule has 0 atom stereocenters. The summed E-state index contributed by atoms with van der Waals surface area (Å²) < 4.78 is 6.85. The third-order valence-electron chi connectivity index (χ3n) is 4.36. The van der Waals surface area contributed by atoms with E-state index in [4.69, 9.17) is 27.9 Å². The van der Waals surface area contributed by atoms with E-state index in [2.05, 4.69) is 15.4 Å². The van der Waals surface area contributed by atoms with E-state index in [1.807, 2.05) is 43.3 Å². The smallest absolute Gasteiger partial charge is 0.262 e. The van der Waals surface area contributed by atoms with E-state index in [0.29, 0.717) is 16.7 Å². The fraction of sp³-hybridized carbons (Fsp3) is 0.0952. The molecule has 2 aromatic carbocycles. The van der Waals surface area contributed by atoms with Crippen LogP contribution in [0.2, 0.25) is 10.0 Å². The molecule has 2 aromatic heterocycles. The highest BCUT2D eigenvalue weighted by molar-refractivity contribution is 6.37. The number of pyridine rings is 1. The summed E-state index contributed by atoms with van der Waals surface area (Å²) >= 11 is 12.4. The summed E-state index contributed by atoms with van der Waals surface area (Å²) in [7, 11) is 1.43. The second-order valence-corrected chi connectivity index (χ2v) is 7.15. The Morgan fingerprint density at radius 3 is 2.62 bits per heavy atom. The van der Waals surface area contributed by atoms with Crippen LogP contribution in [0.3, 0.4) is 0 Å². The molecule has 146 valence electrons. The Balaban J connectivity index is 1.74. The maximum Gasteiger partial charge on any atom is 0.262 e. The predicted octanol–water partition coefficient (Wildman–Crippen LogP) is 5.30. The summed E-state index contributed by atoms with van der Waals surface area (Å²) in [5.41, 5.74) is 1.70. The van der Waals surface area contributed by atoms with Gasteiger partial charge in [0.15, 0.2) is 11.6 Å². The van der Waals surface area contributed by atoms with Gasteiger partial charge in [-0.3, -0.25) is 4.79 Å². The van der Waals surface area contributed by atoms with Crippen molar-refractivity contribution >= 4 is 45.8 Å². The van der Waals surface area contributed by atoms with Crippen molar-refractivity contribution in [1.82, 2.24) is 14.8 Å². The molecule has 4 rings (SSSR count). The maximum absolute atomic E-state index is 13.0. The number of benzene rings is 2. The van der Waals surface area contributed by atoms with E-state index >= 15 is 0 Å². The lowest BCUT2D eigenvalue weighted by Gasteiger charge is -2.13. The first-order valence-corrected chi connectivity index (χ1v) is 9.49. The SMILES string of the molecule is COc1c(Cl)ccc(Cl)c1C(=O)Nc1cc(C)nn1-c1ccc2ccccc2n1. The summed E-state index contributed by atoms with van der Waals surface area (Å²) in [4.78, 5) is 17.6. The zero-order valence-corrected chi connectivity index (χ0v) is 17.1. The van der Waals surface area contributed by atoms with Crippen LogP contribution < -0.4 is 10.1 Å². The van der Waals surface area contributed by atoms with Gasteiger partial charge in [0, 0.05) is 11.5 Å². The van der Waals surface area contributed by atoms with Gasteiger partial charge in [0.1, 0.15) is 11.4 Å². The molecule has 0 aliphatic carbocycles. The first-order chi connectivity index (χ1) is 14.0. The number of nitrogens with zero attached hydrogens (tertiary/aromatic N) is 3. The first-order valence-electron chi connectivity index (χ1n) is 8.74. The van der Waals surface area contributed by atoms with Gasteiger partial charge in [-0.05, 0) is 37.3 Å². The van der Waals surface area contributed by atoms with Crippen molar-refractivity contribution in [3.63, 3.8) is 0 Å². The number of aromatic nitrogens is 3. The molecule has 0 bridgehead atoms. The number of para-hydroxylation sites is 1. The van der Waals surface area contributed by atoms with E-state index in [0.717, 1.165) is 16.6 Å². The van der Waals surface area contributed by atoms with Crippen molar-refractivity contribution in [3.8, 4) is 11.6 Å². The topological polar surface area (TPSA) is 69.0 Å². The number of hydrogen-bond acceptors (Lipinski definition) is 4. The van der Waals surface area contributed by atoms with Crippen LogP contribution >= 0.6 is 23.2 Å². The quantitative estimate of drug-likeness (QED) is 0.480. The summed E-state index contributed by atoms with van der Waals surface area (Å²) in [6.07, 6.45) is 0. The van der Waals surface area contributed by atoms with Crippen LogP contribution in [-0.2, 0) is 0 Å². The molecule has 0 unspecified atom stereocenters. The Morgan fingerprint density at radius 1 is 1.07 bits per heavy atom. The average molecular weight is 427 g/mol. The van der Waals surface area contributed by atoms with Crippen LogP contribution in [0, 0.1) is 6.92 Å². The molecule has 6 nitrogen and oxygen atoms in total. The molecule has 8 heteroatoms. The number of aryl methyl sites for hydroxylation is 1. The van der Waals surface area contributed by atoms with Gasteiger partial charge >= 0.3 is 0 Å². The number of methoxy groups -OCH3 is 1. The van der Waals surface area contributed by atoms with Crippen molar-refractivity contribution < 1.29 is 9.53 Å². The van der Waals surface area contributed by atoms with E-state index < -0.39 is 5.91 Å². The Morgan fingerprint density at radius 2 is 1.83 bits per heavy atom. The minimum atomic E-state index is -0.462. The van der Waals surface area contributed by atoms with E-state index in [1.165, 1.54) is 7.11 Å². The maximum atomic E-state index is 13.0. The number of halogens is 2. The van der Waals surface area contributed by atoms with Gasteiger partial charge in [0.05, 0.1) is 28.4 Å². The van der Waals surface area contributed by atoms with Crippen molar-refractivity contribution in [2.75, 3.05) is 12.4 Å². The lowest BCUT2D eigenvalue weighted by Crippen LogP contribution is -2.17. The zero-order valence-electron chi connectivity index (χ0n) is 15.6. The van der Waals surface area contributed by atoms with Crippen molar-refractivity contribution in [2.45, 2.75) is 6.92 Å². The minimum absolute atomic E-state index is 0.151. The fourth-order valence-corrected chi connectivity index (χ4v) is 3.53. The van der Waals surface area contributed by atoms with Gasteiger partial charge < -0.3 is 10.1 Å². The molecule has 0 aliphatic rings. The lowest BCUT2D eigenvalue weighted by molar-refractivity contribution is 0.102. The highest BCUT2D eigenvalue weighted by atomic mass is 35.5. The van der Waals surface area contributed by atoms with Crippen molar-refractivity contribution in [3.05, 3.63) is 75.9 Å². The molecule has 1 N–H and O–H groups in total. The predicted molar refractivity (Wildman–Crippen MR) is 115 cm³/mol. The highest BCUT2D eigenvalue weighted by Gasteiger charge is 2.21. The van der Waals surface area contributed by atoms with Crippen LogP contribution in [0.15, 0.2) is 54.6 Å². The number of ether oxygens (including phenoxy) is 1. The first kappa shape index (κ1) is 19.2. The van der Waals surface area contributed by atoms with Crippen LogP contribution in [0.4, 0.5) is 5.82 Å². The van der Waals surface area contributed by atoms with Crippen LogP contribution in [0.25, 0.3) is 16.7 Å². The van der Waals surface area contributed by atoms with Crippen LogP contribution in [0.1, 0.15) is 16.1 Å². The van der Waals surface area contributed by atoms with Gasteiger partial charge in [-0.1, -0.05) is 41.4 Å². The molecule has 2 heterocycles. The number of rotatable bonds is 4. The Labute approximate surface area is 177 Å². The molecule has 0 saturated heterocycles. The lowest BCUT2D eigenvalue weighted by atomic mass is 10.2. The fourth-order valence-electron chi connectivity index (χ4n) is 3.06. The third-order valence-corrected chi connectivity index (χ3v) is 4.98.